The summed E-state index contributed by atoms with van der Waals surface area (Å²) >= 11 is 0. The van der Waals surface area contributed by atoms with Gasteiger partial charge in [0.05, 0.1) is 0 Å². The third-order valence-corrected chi connectivity index (χ3v) is 5.44. The van der Waals surface area contributed by atoms with Crippen LogP contribution in [0.25, 0.3) is 10.9 Å². The zero-order valence-electron chi connectivity index (χ0n) is 14.7. The fourth-order valence-electron chi connectivity index (χ4n) is 4.07. The van der Waals surface area contributed by atoms with Crippen molar-refractivity contribution in [3.63, 3.8) is 0 Å². The Hall–Kier alpha value is -2.06. The lowest BCUT2D eigenvalue weighted by atomic mass is 9.90. The van der Waals surface area contributed by atoms with Crippen LogP contribution >= 0.6 is 0 Å². The lowest BCUT2D eigenvalue weighted by molar-refractivity contribution is 0.461. The van der Waals surface area contributed by atoms with E-state index in [1.165, 1.54) is 46.0 Å². The third kappa shape index (κ3) is 2.87. The summed E-state index contributed by atoms with van der Waals surface area (Å²) in [6.45, 7) is 7.62. The van der Waals surface area contributed by atoms with Crippen LogP contribution in [0.2, 0.25) is 0 Å². The van der Waals surface area contributed by atoms with Gasteiger partial charge in [-0.2, -0.15) is 0 Å². The van der Waals surface area contributed by atoms with Gasteiger partial charge in [-0.25, -0.2) is 0 Å². The van der Waals surface area contributed by atoms with Gasteiger partial charge in [0.15, 0.2) is 0 Å². The molecular formula is C22H26N2. The van der Waals surface area contributed by atoms with Gasteiger partial charge in [0.1, 0.15) is 0 Å². The molecule has 0 spiro atoms. The van der Waals surface area contributed by atoms with Crippen LogP contribution in [0.5, 0.6) is 0 Å². The van der Waals surface area contributed by atoms with Crippen LogP contribution in [0.4, 0.5) is 0 Å². The number of para-hydroxylation sites is 1. The summed E-state index contributed by atoms with van der Waals surface area (Å²) in [5, 5.41) is 4.92. The predicted octanol–water partition coefficient (Wildman–Crippen LogP) is 4.77. The van der Waals surface area contributed by atoms with Crippen LogP contribution in [0.3, 0.4) is 0 Å². The quantitative estimate of drug-likeness (QED) is 0.736. The Kier molecular flexibility index (Phi) is 4.15. The second kappa shape index (κ2) is 6.45. The Morgan fingerprint density at radius 1 is 1.04 bits per heavy atom. The van der Waals surface area contributed by atoms with E-state index in [-0.39, 0.29) is 0 Å². The number of fused-ring (bicyclic) bond motifs is 1. The first-order valence-electron chi connectivity index (χ1n) is 9.07. The molecule has 24 heavy (non-hydrogen) atoms. The standard InChI is InChI=1S/C22H26N2/c1-16-7-8-19(17(2)13-16)14-24-15-21(18-9-11-23-12-10-18)20-5-3-4-6-22(20)24/h3-8,13,15,18,23H,9-12,14H2,1-2H3. The molecular weight excluding hydrogens is 292 g/mol. The van der Waals surface area contributed by atoms with Crippen molar-refractivity contribution in [1.82, 2.24) is 9.88 Å². The third-order valence-electron chi connectivity index (χ3n) is 5.44. The van der Waals surface area contributed by atoms with E-state index in [2.05, 4.69) is 72.4 Å². The number of rotatable bonds is 3. The smallest absolute Gasteiger partial charge is 0.0486 e. The van der Waals surface area contributed by atoms with Crippen molar-refractivity contribution in [2.45, 2.75) is 39.2 Å². The lowest BCUT2D eigenvalue weighted by Gasteiger charge is -2.22. The minimum absolute atomic E-state index is 0.691. The van der Waals surface area contributed by atoms with Gasteiger partial charge >= 0.3 is 0 Å². The molecule has 1 aliphatic heterocycles. The lowest BCUT2D eigenvalue weighted by Crippen LogP contribution is -2.26. The summed E-state index contributed by atoms with van der Waals surface area (Å²) in [7, 11) is 0. The Balaban J connectivity index is 1.75. The van der Waals surface area contributed by atoms with E-state index >= 15 is 0 Å². The normalized spacial score (nSPS) is 15.9. The summed E-state index contributed by atoms with van der Waals surface area (Å²) < 4.78 is 2.45. The zero-order valence-corrected chi connectivity index (χ0v) is 14.7. The van der Waals surface area contributed by atoms with Crippen molar-refractivity contribution < 1.29 is 0 Å². The van der Waals surface area contributed by atoms with Crippen molar-refractivity contribution in [3.05, 3.63) is 70.9 Å². The highest BCUT2D eigenvalue weighted by Gasteiger charge is 2.20. The number of piperidine rings is 1. The molecule has 0 radical (unpaired) electrons. The van der Waals surface area contributed by atoms with Gasteiger partial charge in [-0.15, -0.1) is 0 Å². The van der Waals surface area contributed by atoms with Gasteiger partial charge in [-0.1, -0.05) is 42.0 Å². The highest BCUT2D eigenvalue weighted by atomic mass is 15.0. The highest BCUT2D eigenvalue weighted by molar-refractivity contribution is 5.84. The molecule has 1 saturated heterocycles. The molecule has 1 aromatic heterocycles. The van der Waals surface area contributed by atoms with E-state index < -0.39 is 0 Å². The molecule has 1 fully saturated rings. The molecule has 1 N–H and O–H groups in total. The van der Waals surface area contributed by atoms with Crippen molar-refractivity contribution in [2.75, 3.05) is 13.1 Å². The van der Waals surface area contributed by atoms with E-state index in [1.807, 2.05) is 0 Å². The molecule has 2 nitrogen and oxygen atoms in total. The maximum absolute atomic E-state index is 3.49. The molecule has 0 saturated carbocycles. The number of aromatic nitrogens is 1. The van der Waals surface area contributed by atoms with Crippen molar-refractivity contribution >= 4 is 10.9 Å². The van der Waals surface area contributed by atoms with E-state index in [0.717, 1.165) is 19.6 Å². The number of nitrogens with zero attached hydrogens (tertiary/aromatic N) is 1. The summed E-state index contributed by atoms with van der Waals surface area (Å²) in [5.74, 6) is 0.691. The van der Waals surface area contributed by atoms with Gasteiger partial charge in [0.2, 0.25) is 0 Å². The van der Waals surface area contributed by atoms with Crippen molar-refractivity contribution in [3.8, 4) is 0 Å². The van der Waals surface area contributed by atoms with Gasteiger partial charge in [0.25, 0.3) is 0 Å². The zero-order chi connectivity index (χ0) is 16.5. The molecule has 4 rings (SSSR count). The SMILES string of the molecule is Cc1ccc(Cn2cc(C3CCNCC3)c3ccccc32)c(C)c1. The molecule has 3 aromatic rings. The van der Waals surface area contributed by atoms with Crippen LogP contribution < -0.4 is 5.32 Å². The second-order valence-electron chi connectivity index (χ2n) is 7.18. The maximum atomic E-state index is 3.49. The Morgan fingerprint density at radius 3 is 2.62 bits per heavy atom. The average Bonchev–Trinajstić information content (AvgIpc) is 2.97. The van der Waals surface area contributed by atoms with Crippen LogP contribution in [-0.4, -0.2) is 17.7 Å². The minimum Gasteiger partial charge on any atom is -0.343 e. The number of hydrogen-bond donors (Lipinski definition) is 1. The average molecular weight is 318 g/mol. The first kappa shape index (κ1) is 15.5. The Morgan fingerprint density at radius 2 is 1.83 bits per heavy atom. The molecule has 0 atom stereocenters. The minimum atomic E-state index is 0.691. The van der Waals surface area contributed by atoms with Gasteiger partial charge in [-0.05, 0) is 68.5 Å². The molecule has 2 heteroatoms. The van der Waals surface area contributed by atoms with Gasteiger partial charge in [-0.3, -0.25) is 0 Å². The second-order valence-corrected chi connectivity index (χ2v) is 7.18. The van der Waals surface area contributed by atoms with Crippen molar-refractivity contribution in [2.24, 2.45) is 0 Å². The van der Waals surface area contributed by atoms with E-state index in [4.69, 9.17) is 0 Å². The van der Waals surface area contributed by atoms with Crippen molar-refractivity contribution in [1.29, 1.82) is 0 Å². The summed E-state index contributed by atoms with van der Waals surface area (Å²) in [4.78, 5) is 0. The molecule has 0 bridgehead atoms. The van der Waals surface area contributed by atoms with E-state index in [0.29, 0.717) is 5.92 Å². The van der Waals surface area contributed by atoms with Gasteiger partial charge < -0.3 is 9.88 Å². The first-order valence-corrected chi connectivity index (χ1v) is 9.07. The number of benzene rings is 2. The van der Waals surface area contributed by atoms with E-state index in [1.54, 1.807) is 0 Å². The molecule has 2 aromatic carbocycles. The van der Waals surface area contributed by atoms with Crippen LogP contribution in [0.1, 0.15) is 41.0 Å². The molecule has 0 amide bonds. The Labute approximate surface area is 144 Å². The van der Waals surface area contributed by atoms with Crippen LogP contribution in [-0.2, 0) is 6.54 Å². The molecule has 0 aliphatic carbocycles. The summed E-state index contributed by atoms with van der Waals surface area (Å²) in [5.41, 5.74) is 7.04. The number of aryl methyl sites for hydroxylation is 2. The fourth-order valence-corrected chi connectivity index (χ4v) is 4.07. The molecule has 1 aliphatic rings. The van der Waals surface area contributed by atoms with Gasteiger partial charge in [0, 0.05) is 23.6 Å². The monoisotopic (exact) mass is 318 g/mol. The van der Waals surface area contributed by atoms with Crippen LogP contribution in [0.15, 0.2) is 48.7 Å². The summed E-state index contributed by atoms with van der Waals surface area (Å²) in [6, 6.07) is 15.7. The first-order chi connectivity index (χ1) is 11.7. The predicted molar refractivity (Wildman–Crippen MR) is 102 cm³/mol. The number of hydrogen-bond acceptors (Lipinski definition) is 1. The Bertz CT molecular complexity index is 854. The number of nitrogens with one attached hydrogen (secondary N) is 1. The largest absolute Gasteiger partial charge is 0.343 e. The van der Waals surface area contributed by atoms with E-state index in [9.17, 15) is 0 Å². The molecule has 0 unspecified atom stereocenters. The topological polar surface area (TPSA) is 17.0 Å². The summed E-state index contributed by atoms with van der Waals surface area (Å²) in [6.07, 6.45) is 4.91. The molecule has 2 heterocycles. The highest BCUT2D eigenvalue weighted by Crippen LogP contribution is 2.33. The van der Waals surface area contributed by atoms with Crippen LogP contribution in [0, 0.1) is 13.8 Å². The fraction of sp³-hybridized carbons (Fsp3) is 0.364. The molecule has 124 valence electrons. The maximum Gasteiger partial charge on any atom is 0.0486 e.